The number of nitrogens with one attached hydrogen (secondary N) is 1. The number of carbonyl (C=O) groups excluding carboxylic acids is 1. The number of aryl methyl sites for hydroxylation is 1. The molecule has 0 fully saturated rings. The zero-order valence-electron chi connectivity index (χ0n) is 18.1. The number of hydrogen-bond acceptors (Lipinski definition) is 3. The maximum Gasteiger partial charge on any atom is 0.241 e. The Kier molecular flexibility index (Phi) is 6.32. The molecule has 31 heavy (non-hydrogen) atoms. The smallest absolute Gasteiger partial charge is 0.241 e. The number of fused-ring (bicyclic) bond motifs is 3. The molecule has 0 spiro atoms. The monoisotopic (exact) mass is 412 g/mol. The van der Waals surface area contributed by atoms with Crippen molar-refractivity contribution in [3.05, 3.63) is 78.4 Å². The molecule has 1 aromatic heterocycles. The van der Waals surface area contributed by atoms with Gasteiger partial charge in [-0.05, 0) is 43.7 Å². The van der Waals surface area contributed by atoms with Gasteiger partial charge in [0.25, 0.3) is 0 Å². The Hall–Kier alpha value is -3.60. The van der Waals surface area contributed by atoms with E-state index in [4.69, 9.17) is 0 Å². The topological polar surface area (TPSA) is 49.6 Å². The van der Waals surface area contributed by atoms with Crippen LogP contribution in [0.3, 0.4) is 0 Å². The van der Waals surface area contributed by atoms with Gasteiger partial charge in [0.15, 0.2) is 0 Å². The second-order valence-electron chi connectivity index (χ2n) is 7.49. The third-order valence-electron chi connectivity index (χ3n) is 5.67. The van der Waals surface area contributed by atoms with Gasteiger partial charge in [-0.1, -0.05) is 48.5 Å². The van der Waals surface area contributed by atoms with Gasteiger partial charge in [-0.2, -0.15) is 5.10 Å². The highest BCUT2D eigenvalue weighted by Crippen LogP contribution is 2.28. The number of benzene rings is 3. The highest BCUT2D eigenvalue weighted by atomic mass is 16.2. The zero-order chi connectivity index (χ0) is 21.6. The lowest BCUT2D eigenvalue weighted by atomic mass is 10.2. The molecule has 1 amide bonds. The lowest BCUT2D eigenvalue weighted by molar-refractivity contribution is -0.121. The van der Waals surface area contributed by atoms with Gasteiger partial charge >= 0.3 is 0 Å². The van der Waals surface area contributed by atoms with Gasteiger partial charge < -0.3 is 9.47 Å². The summed E-state index contributed by atoms with van der Waals surface area (Å²) >= 11 is 0. The van der Waals surface area contributed by atoms with Crippen LogP contribution in [0.15, 0.2) is 77.9 Å². The molecule has 158 valence electrons. The van der Waals surface area contributed by atoms with Crippen molar-refractivity contribution in [2.75, 3.05) is 18.0 Å². The Morgan fingerprint density at radius 1 is 0.903 bits per heavy atom. The van der Waals surface area contributed by atoms with Crippen LogP contribution in [0, 0.1) is 0 Å². The first-order chi connectivity index (χ1) is 15.2. The summed E-state index contributed by atoms with van der Waals surface area (Å²) in [5.74, 6) is -0.0992. The Morgan fingerprint density at radius 3 is 2.06 bits per heavy atom. The SMILES string of the molecule is CCN(CC)c1ccc(/C=N\NC(=O)CCn2c3ccccc3c3ccccc32)cc1. The first-order valence-electron chi connectivity index (χ1n) is 10.8. The third-order valence-corrected chi connectivity index (χ3v) is 5.67. The van der Waals surface area contributed by atoms with Crippen LogP contribution in [0.1, 0.15) is 25.8 Å². The molecule has 0 aliphatic rings. The number of rotatable bonds is 8. The predicted octanol–water partition coefficient (Wildman–Crippen LogP) is 5.18. The van der Waals surface area contributed by atoms with Crippen LogP contribution in [0.4, 0.5) is 5.69 Å². The zero-order valence-corrected chi connectivity index (χ0v) is 18.1. The van der Waals surface area contributed by atoms with Crippen molar-refractivity contribution in [2.24, 2.45) is 5.10 Å². The maximum atomic E-state index is 12.4. The van der Waals surface area contributed by atoms with E-state index in [1.54, 1.807) is 6.21 Å². The summed E-state index contributed by atoms with van der Waals surface area (Å²) in [7, 11) is 0. The molecule has 0 atom stereocenters. The number of hydrazone groups is 1. The number of anilines is 1. The Labute approximate surface area is 183 Å². The first-order valence-corrected chi connectivity index (χ1v) is 10.8. The largest absolute Gasteiger partial charge is 0.372 e. The molecule has 0 bridgehead atoms. The van der Waals surface area contributed by atoms with Crippen LogP contribution in [0.5, 0.6) is 0 Å². The Bertz CT molecular complexity index is 1150. The molecule has 5 nitrogen and oxygen atoms in total. The molecule has 0 saturated heterocycles. The molecule has 0 aliphatic carbocycles. The van der Waals surface area contributed by atoms with Crippen LogP contribution in [0.2, 0.25) is 0 Å². The number of aromatic nitrogens is 1. The van der Waals surface area contributed by atoms with Crippen molar-refractivity contribution in [3.8, 4) is 0 Å². The van der Waals surface area contributed by atoms with Gasteiger partial charge in [0, 0.05) is 53.5 Å². The minimum Gasteiger partial charge on any atom is -0.372 e. The molecule has 1 heterocycles. The molecular formula is C26H28N4O. The number of hydrogen-bond donors (Lipinski definition) is 1. The lowest BCUT2D eigenvalue weighted by Crippen LogP contribution is -2.21. The average molecular weight is 413 g/mol. The minimum atomic E-state index is -0.0992. The standard InChI is InChI=1S/C26H28N4O/c1-3-29(4-2)21-15-13-20(14-16-21)19-27-28-26(31)17-18-30-24-11-7-5-9-22(24)23-10-6-8-12-25(23)30/h5-16,19H,3-4,17-18H2,1-2H3,(H,28,31)/b27-19-. The molecule has 0 aliphatic heterocycles. The summed E-state index contributed by atoms with van der Waals surface area (Å²) < 4.78 is 2.21. The van der Waals surface area contributed by atoms with E-state index in [1.165, 1.54) is 16.5 Å². The van der Waals surface area contributed by atoms with Gasteiger partial charge in [-0.15, -0.1) is 0 Å². The lowest BCUT2D eigenvalue weighted by Gasteiger charge is -2.20. The summed E-state index contributed by atoms with van der Waals surface area (Å²) in [5.41, 5.74) is 7.10. The highest BCUT2D eigenvalue weighted by molar-refractivity contribution is 6.08. The van der Waals surface area contributed by atoms with Crippen molar-refractivity contribution in [3.63, 3.8) is 0 Å². The van der Waals surface area contributed by atoms with E-state index in [-0.39, 0.29) is 5.91 Å². The molecule has 4 rings (SSSR count). The number of para-hydroxylation sites is 2. The van der Waals surface area contributed by atoms with Gasteiger partial charge in [-0.25, -0.2) is 5.43 Å². The summed E-state index contributed by atoms with van der Waals surface area (Å²) in [6, 6.07) is 24.8. The van der Waals surface area contributed by atoms with Gasteiger partial charge in [-0.3, -0.25) is 4.79 Å². The van der Waals surface area contributed by atoms with Crippen LogP contribution in [-0.4, -0.2) is 29.8 Å². The molecule has 0 saturated carbocycles. The second kappa shape index (κ2) is 9.47. The summed E-state index contributed by atoms with van der Waals surface area (Å²) in [5, 5.41) is 6.56. The third kappa shape index (κ3) is 4.45. The second-order valence-corrected chi connectivity index (χ2v) is 7.49. The molecule has 5 heteroatoms. The van der Waals surface area contributed by atoms with Crippen LogP contribution >= 0.6 is 0 Å². The quantitative estimate of drug-likeness (QED) is 0.320. The summed E-state index contributed by atoms with van der Waals surface area (Å²) in [4.78, 5) is 14.7. The van der Waals surface area contributed by atoms with E-state index in [0.717, 1.165) is 29.7 Å². The first kappa shape index (κ1) is 20.7. The molecule has 0 unspecified atom stereocenters. The van der Waals surface area contributed by atoms with E-state index < -0.39 is 0 Å². The molecule has 3 aromatic carbocycles. The van der Waals surface area contributed by atoms with Crippen LogP contribution < -0.4 is 10.3 Å². The molecular weight excluding hydrogens is 384 g/mol. The van der Waals surface area contributed by atoms with Crippen molar-refractivity contribution in [1.82, 2.24) is 9.99 Å². The fraction of sp³-hybridized carbons (Fsp3) is 0.231. The number of carbonyl (C=O) groups is 1. The van der Waals surface area contributed by atoms with Crippen molar-refractivity contribution in [1.29, 1.82) is 0 Å². The van der Waals surface area contributed by atoms with Crippen LogP contribution in [0.25, 0.3) is 21.8 Å². The van der Waals surface area contributed by atoms with E-state index in [1.807, 2.05) is 24.3 Å². The van der Waals surface area contributed by atoms with Gasteiger partial charge in [0.1, 0.15) is 0 Å². The number of amides is 1. The molecule has 1 N–H and O–H groups in total. The minimum absolute atomic E-state index is 0.0992. The van der Waals surface area contributed by atoms with Gasteiger partial charge in [0.2, 0.25) is 5.91 Å². The van der Waals surface area contributed by atoms with E-state index >= 15 is 0 Å². The van der Waals surface area contributed by atoms with Crippen molar-refractivity contribution in [2.45, 2.75) is 26.8 Å². The van der Waals surface area contributed by atoms with E-state index in [2.05, 4.69) is 82.4 Å². The predicted molar refractivity (Wildman–Crippen MR) is 130 cm³/mol. The highest BCUT2D eigenvalue weighted by Gasteiger charge is 2.10. The number of nitrogens with zero attached hydrogens (tertiary/aromatic N) is 3. The fourth-order valence-corrected chi connectivity index (χ4v) is 4.05. The van der Waals surface area contributed by atoms with Crippen molar-refractivity contribution >= 4 is 39.6 Å². The summed E-state index contributed by atoms with van der Waals surface area (Å²) in [6.07, 6.45) is 2.05. The van der Waals surface area contributed by atoms with Crippen molar-refractivity contribution < 1.29 is 4.79 Å². The molecule has 0 radical (unpaired) electrons. The normalized spacial score (nSPS) is 11.4. The molecule has 4 aromatic rings. The Balaban J connectivity index is 1.39. The maximum absolute atomic E-state index is 12.4. The van der Waals surface area contributed by atoms with E-state index in [0.29, 0.717) is 13.0 Å². The Morgan fingerprint density at radius 2 is 1.48 bits per heavy atom. The van der Waals surface area contributed by atoms with Gasteiger partial charge in [0.05, 0.1) is 6.21 Å². The van der Waals surface area contributed by atoms with E-state index in [9.17, 15) is 4.79 Å². The fourth-order valence-electron chi connectivity index (χ4n) is 4.05. The summed E-state index contributed by atoms with van der Waals surface area (Å²) in [6.45, 7) is 6.85. The average Bonchev–Trinajstić information content (AvgIpc) is 3.13. The van der Waals surface area contributed by atoms with Crippen LogP contribution in [-0.2, 0) is 11.3 Å².